The quantitative estimate of drug-likeness (QED) is 0.874. The minimum atomic E-state index is -0.597. The lowest BCUT2D eigenvalue weighted by atomic mass is 10.2. The lowest BCUT2D eigenvalue weighted by molar-refractivity contribution is -0.124. The van der Waals surface area contributed by atoms with Gasteiger partial charge in [0, 0.05) is 12.2 Å². The highest BCUT2D eigenvalue weighted by Gasteiger charge is 2.28. The number of hydrogen-bond donors (Lipinski definition) is 0. The van der Waals surface area contributed by atoms with E-state index in [0.717, 1.165) is 12.1 Å². The van der Waals surface area contributed by atoms with E-state index in [2.05, 4.69) is 6.07 Å². The zero-order chi connectivity index (χ0) is 15.5. The summed E-state index contributed by atoms with van der Waals surface area (Å²) in [4.78, 5) is 14.4. The van der Waals surface area contributed by atoms with Crippen molar-refractivity contribution < 1.29 is 9.53 Å². The van der Waals surface area contributed by atoms with E-state index >= 15 is 0 Å². The molecule has 0 bridgehead atoms. The van der Waals surface area contributed by atoms with E-state index in [1.54, 1.807) is 36.1 Å². The molecule has 0 radical (unpaired) electrons. The molecule has 1 aliphatic heterocycles. The summed E-state index contributed by atoms with van der Waals surface area (Å²) >= 11 is 0. The van der Waals surface area contributed by atoms with Crippen molar-refractivity contribution in [3.8, 4) is 11.8 Å². The van der Waals surface area contributed by atoms with Crippen molar-refractivity contribution in [2.75, 3.05) is 11.4 Å². The van der Waals surface area contributed by atoms with Crippen LogP contribution in [-0.2, 0) is 11.2 Å². The van der Waals surface area contributed by atoms with Gasteiger partial charge in [-0.15, -0.1) is 0 Å². The van der Waals surface area contributed by atoms with Crippen LogP contribution in [0.2, 0.25) is 0 Å². The van der Waals surface area contributed by atoms with Crippen molar-refractivity contribution in [2.24, 2.45) is 0 Å². The number of anilines is 1. The van der Waals surface area contributed by atoms with Gasteiger partial charge in [0.15, 0.2) is 6.10 Å². The summed E-state index contributed by atoms with van der Waals surface area (Å²) in [5, 5.41) is 8.91. The second kappa shape index (κ2) is 5.90. The van der Waals surface area contributed by atoms with Gasteiger partial charge in [-0.3, -0.25) is 4.79 Å². The molecule has 1 atom stereocenters. The molecule has 2 aromatic rings. The Bertz CT molecular complexity index is 749. The molecular formula is C18H16N2O2. The maximum atomic E-state index is 12.6. The van der Waals surface area contributed by atoms with Gasteiger partial charge in [0.1, 0.15) is 5.75 Å². The van der Waals surface area contributed by atoms with Crippen LogP contribution in [0, 0.1) is 11.3 Å². The Morgan fingerprint density at radius 2 is 2.09 bits per heavy atom. The number of hydrogen-bond acceptors (Lipinski definition) is 3. The Balaban J connectivity index is 1.74. The molecule has 0 saturated carbocycles. The van der Waals surface area contributed by atoms with Crippen LogP contribution in [0.4, 0.5) is 5.69 Å². The number of amides is 1. The molecule has 0 saturated heterocycles. The highest BCUT2D eigenvalue weighted by atomic mass is 16.5. The van der Waals surface area contributed by atoms with Crippen molar-refractivity contribution in [1.82, 2.24) is 0 Å². The zero-order valence-electron chi connectivity index (χ0n) is 12.3. The first kappa shape index (κ1) is 14.2. The third-order valence-electron chi connectivity index (χ3n) is 3.78. The summed E-state index contributed by atoms with van der Waals surface area (Å²) in [6, 6.07) is 16.8. The number of nitriles is 1. The number of benzene rings is 2. The van der Waals surface area contributed by atoms with Gasteiger partial charge in [0.2, 0.25) is 0 Å². The van der Waals surface area contributed by atoms with Gasteiger partial charge in [0.25, 0.3) is 5.91 Å². The summed E-state index contributed by atoms with van der Waals surface area (Å²) in [6.45, 7) is 2.42. The van der Waals surface area contributed by atoms with Crippen LogP contribution in [0.15, 0.2) is 48.5 Å². The van der Waals surface area contributed by atoms with Gasteiger partial charge in [-0.25, -0.2) is 0 Å². The van der Waals surface area contributed by atoms with Crippen LogP contribution < -0.4 is 9.64 Å². The summed E-state index contributed by atoms with van der Waals surface area (Å²) in [5.74, 6) is 0.472. The molecule has 0 aromatic heterocycles. The number of fused-ring (bicyclic) bond motifs is 1. The van der Waals surface area contributed by atoms with Crippen LogP contribution in [-0.4, -0.2) is 18.6 Å². The topological polar surface area (TPSA) is 53.3 Å². The molecule has 4 nitrogen and oxygen atoms in total. The van der Waals surface area contributed by atoms with E-state index in [9.17, 15) is 4.79 Å². The summed E-state index contributed by atoms with van der Waals surface area (Å²) in [6.07, 6.45) is 0.276. The molecule has 0 unspecified atom stereocenters. The highest BCUT2D eigenvalue weighted by Crippen LogP contribution is 2.28. The Kier molecular flexibility index (Phi) is 3.80. The van der Waals surface area contributed by atoms with Crippen molar-refractivity contribution in [2.45, 2.75) is 19.4 Å². The summed E-state index contributed by atoms with van der Waals surface area (Å²) in [5.41, 5.74) is 2.67. The second-order valence-electron chi connectivity index (χ2n) is 5.27. The molecule has 4 heteroatoms. The normalized spacial score (nSPS) is 14.1. The van der Waals surface area contributed by atoms with Crippen LogP contribution in [0.5, 0.6) is 5.75 Å². The van der Waals surface area contributed by atoms with Crippen LogP contribution in [0.3, 0.4) is 0 Å². The molecule has 22 heavy (non-hydrogen) atoms. The maximum absolute atomic E-state index is 12.6. The largest absolute Gasteiger partial charge is 0.481 e. The molecule has 1 aliphatic rings. The van der Waals surface area contributed by atoms with Crippen LogP contribution in [0.25, 0.3) is 0 Å². The fraction of sp³-hybridized carbons (Fsp3) is 0.222. The highest BCUT2D eigenvalue weighted by molar-refractivity contribution is 5.98. The molecule has 1 heterocycles. The van der Waals surface area contributed by atoms with Gasteiger partial charge < -0.3 is 9.64 Å². The van der Waals surface area contributed by atoms with Crippen molar-refractivity contribution in [3.05, 3.63) is 59.7 Å². The molecule has 110 valence electrons. The molecule has 0 aliphatic carbocycles. The van der Waals surface area contributed by atoms with Gasteiger partial charge in [-0.1, -0.05) is 24.3 Å². The first-order valence-electron chi connectivity index (χ1n) is 7.25. The van der Waals surface area contributed by atoms with Crippen LogP contribution in [0.1, 0.15) is 18.1 Å². The van der Waals surface area contributed by atoms with Gasteiger partial charge in [-0.2, -0.15) is 5.26 Å². The average Bonchev–Trinajstić information content (AvgIpc) is 2.98. The van der Waals surface area contributed by atoms with Gasteiger partial charge in [-0.05, 0) is 43.2 Å². The Morgan fingerprint density at radius 1 is 1.27 bits per heavy atom. The molecule has 0 N–H and O–H groups in total. The third-order valence-corrected chi connectivity index (χ3v) is 3.78. The van der Waals surface area contributed by atoms with Crippen molar-refractivity contribution in [1.29, 1.82) is 5.26 Å². The summed E-state index contributed by atoms with van der Waals surface area (Å²) in [7, 11) is 0. The SMILES string of the molecule is C[C@H](Oc1cccc(C#N)c1)C(=O)N1CCc2ccccc21. The Hall–Kier alpha value is -2.80. The van der Waals surface area contributed by atoms with Crippen LogP contribution >= 0.6 is 0 Å². The number of para-hydroxylation sites is 1. The molecule has 0 fully saturated rings. The van der Waals surface area contributed by atoms with Crippen molar-refractivity contribution >= 4 is 11.6 Å². The minimum Gasteiger partial charge on any atom is -0.481 e. The van der Waals surface area contributed by atoms with E-state index in [1.165, 1.54) is 5.56 Å². The van der Waals surface area contributed by atoms with Gasteiger partial charge in [0.05, 0.1) is 11.6 Å². The predicted octanol–water partition coefficient (Wildman–Crippen LogP) is 2.91. The van der Waals surface area contributed by atoms with E-state index in [1.807, 2.05) is 24.3 Å². The standard InChI is InChI=1S/C18H16N2O2/c1-13(22-16-7-4-5-14(11-16)12-19)18(21)20-10-9-15-6-2-3-8-17(15)20/h2-8,11,13H,9-10H2,1H3/t13-/m0/s1. The first-order chi connectivity index (χ1) is 10.7. The number of rotatable bonds is 3. The molecule has 2 aromatic carbocycles. The molecular weight excluding hydrogens is 276 g/mol. The van der Waals surface area contributed by atoms with E-state index in [0.29, 0.717) is 17.9 Å². The monoisotopic (exact) mass is 292 g/mol. The number of carbonyl (C=O) groups is 1. The smallest absolute Gasteiger partial charge is 0.267 e. The molecule has 1 amide bonds. The first-order valence-corrected chi connectivity index (χ1v) is 7.25. The fourth-order valence-electron chi connectivity index (χ4n) is 2.68. The van der Waals surface area contributed by atoms with Gasteiger partial charge >= 0.3 is 0 Å². The fourth-order valence-corrected chi connectivity index (χ4v) is 2.68. The Labute approximate surface area is 129 Å². The number of nitrogens with zero attached hydrogens (tertiary/aromatic N) is 2. The lowest BCUT2D eigenvalue weighted by Gasteiger charge is -2.22. The second-order valence-corrected chi connectivity index (χ2v) is 5.27. The lowest BCUT2D eigenvalue weighted by Crippen LogP contribution is -2.39. The maximum Gasteiger partial charge on any atom is 0.267 e. The van der Waals surface area contributed by atoms with E-state index in [4.69, 9.17) is 10.00 Å². The molecule has 0 spiro atoms. The van der Waals surface area contributed by atoms with E-state index in [-0.39, 0.29) is 5.91 Å². The average molecular weight is 292 g/mol. The third kappa shape index (κ3) is 2.66. The van der Waals surface area contributed by atoms with E-state index < -0.39 is 6.10 Å². The number of ether oxygens (including phenoxy) is 1. The minimum absolute atomic E-state index is 0.0627. The number of carbonyl (C=O) groups excluding carboxylic acids is 1. The predicted molar refractivity (Wildman–Crippen MR) is 83.7 cm³/mol. The summed E-state index contributed by atoms with van der Waals surface area (Å²) < 4.78 is 5.70. The molecule has 3 rings (SSSR count). The Morgan fingerprint density at radius 3 is 2.91 bits per heavy atom. The zero-order valence-corrected chi connectivity index (χ0v) is 12.3. The van der Waals surface area contributed by atoms with Crippen molar-refractivity contribution in [3.63, 3.8) is 0 Å².